The zero-order valence-electron chi connectivity index (χ0n) is 13.5. The fourth-order valence-electron chi connectivity index (χ4n) is 2.19. The van der Waals surface area contributed by atoms with Gasteiger partial charge in [0.2, 0.25) is 0 Å². The van der Waals surface area contributed by atoms with Crippen molar-refractivity contribution >= 4 is 23.0 Å². The molecule has 0 aliphatic rings. The summed E-state index contributed by atoms with van der Waals surface area (Å²) in [5.74, 6) is 0. The Bertz CT molecular complexity index is 447. The van der Waals surface area contributed by atoms with E-state index in [9.17, 15) is 0 Å². The molecular weight excluding hydrogens is 264 g/mol. The van der Waals surface area contributed by atoms with Gasteiger partial charge < -0.3 is 10.6 Å². The fraction of sp³-hybridized carbons (Fsp3) is 0.588. The van der Waals surface area contributed by atoms with Crippen LogP contribution in [0.2, 0.25) is 0 Å². The smallest absolute Gasteiger partial charge is 0.170 e. The maximum atomic E-state index is 5.41. The first kappa shape index (κ1) is 17.0. The lowest BCUT2D eigenvalue weighted by molar-refractivity contribution is 0.592. The first-order valence-electron chi connectivity index (χ1n) is 7.51. The molecule has 0 unspecified atom stereocenters. The summed E-state index contributed by atoms with van der Waals surface area (Å²) < 4.78 is 0. The van der Waals surface area contributed by atoms with Crippen molar-refractivity contribution in [2.24, 2.45) is 0 Å². The molecule has 2 nitrogen and oxygen atoms in total. The van der Waals surface area contributed by atoms with Crippen molar-refractivity contribution in [1.29, 1.82) is 0 Å². The zero-order valence-corrected chi connectivity index (χ0v) is 14.3. The highest BCUT2D eigenvalue weighted by Crippen LogP contribution is 2.31. The van der Waals surface area contributed by atoms with Crippen LogP contribution in [0.3, 0.4) is 0 Å². The molecule has 112 valence electrons. The van der Waals surface area contributed by atoms with E-state index in [1.54, 1.807) is 0 Å². The van der Waals surface area contributed by atoms with E-state index in [4.69, 9.17) is 12.2 Å². The van der Waals surface area contributed by atoms with Gasteiger partial charge in [0.1, 0.15) is 0 Å². The normalized spacial score (nSPS) is 11.2. The van der Waals surface area contributed by atoms with E-state index in [0.29, 0.717) is 0 Å². The third-order valence-corrected chi connectivity index (χ3v) is 3.63. The number of thiocarbonyl (C=S) groups is 1. The summed E-state index contributed by atoms with van der Waals surface area (Å²) in [5.41, 5.74) is 3.78. The second kappa shape index (κ2) is 7.63. The molecule has 0 amide bonds. The van der Waals surface area contributed by atoms with Crippen LogP contribution in [0.1, 0.15) is 58.1 Å². The van der Waals surface area contributed by atoms with Crippen LogP contribution in [0.5, 0.6) is 0 Å². The molecule has 0 fully saturated rings. The van der Waals surface area contributed by atoms with Gasteiger partial charge in [-0.05, 0) is 42.1 Å². The summed E-state index contributed by atoms with van der Waals surface area (Å²) in [6.07, 6.45) is 3.64. The minimum absolute atomic E-state index is 0.103. The molecule has 1 aromatic carbocycles. The summed E-state index contributed by atoms with van der Waals surface area (Å²) in [6.45, 7) is 12.0. The molecule has 0 atom stereocenters. The van der Waals surface area contributed by atoms with Crippen LogP contribution < -0.4 is 10.6 Å². The van der Waals surface area contributed by atoms with Crippen LogP contribution >= 0.6 is 12.2 Å². The Labute approximate surface area is 129 Å². The summed E-state index contributed by atoms with van der Waals surface area (Å²) in [4.78, 5) is 0. The highest BCUT2D eigenvalue weighted by Gasteiger charge is 2.19. The maximum Gasteiger partial charge on any atom is 0.170 e. The number of nitrogens with one attached hydrogen (secondary N) is 2. The lowest BCUT2D eigenvalue weighted by atomic mass is 9.84. The average Bonchev–Trinajstić information content (AvgIpc) is 2.36. The molecular formula is C17H28N2S. The zero-order chi connectivity index (χ0) is 15.2. The largest absolute Gasteiger partial charge is 0.362 e. The number of hydrogen-bond donors (Lipinski definition) is 2. The van der Waals surface area contributed by atoms with Crippen LogP contribution in [0.15, 0.2) is 18.2 Å². The van der Waals surface area contributed by atoms with E-state index in [1.165, 1.54) is 24.0 Å². The highest BCUT2D eigenvalue weighted by atomic mass is 32.1. The predicted octanol–water partition coefficient (Wildman–Crippen LogP) is 4.77. The molecule has 0 heterocycles. The van der Waals surface area contributed by atoms with Crippen molar-refractivity contribution in [1.82, 2.24) is 5.32 Å². The molecule has 0 saturated heterocycles. The highest BCUT2D eigenvalue weighted by molar-refractivity contribution is 7.80. The molecule has 0 radical (unpaired) electrons. The van der Waals surface area contributed by atoms with Gasteiger partial charge >= 0.3 is 0 Å². The quantitative estimate of drug-likeness (QED) is 0.604. The topological polar surface area (TPSA) is 24.1 Å². The van der Waals surface area contributed by atoms with Gasteiger partial charge in [-0.3, -0.25) is 0 Å². The molecule has 0 aliphatic carbocycles. The van der Waals surface area contributed by atoms with Crippen LogP contribution in [-0.4, -0.2) is 11.7 Å². The van der Waals surface area contributed by atoms with Gasteiger partial charge in [0, 0.05) is 12.2 Å². The van der Waals surface area contributed by atoms with Crippen LogP contribution in [-0.2, 0) is 5.41 Å². The van der Waals surface area contributed by atoms with Gasteiger partial charge in [0.25, 0.3) is 0 Å². The number of benzene rings is 1. The lowest BCUT2D eigenvalue weighted by Crippen LogP contribution is -2.30. The number of para-hydroxylation sites is 1. The van der Waals surface area contributed by atoms with Crippen molar-refractivity contribution < 1.29 is 0 Å². The Kier molecular flexibility index (Phi) is 6.47. The van der Waals surface area contributed by atoms with E-state index in [0.717, 1.165) is 23.8 Å². The molecule has 0 aliphatic heterocycles. The van der Waals surface area contributed by atoms with Gasteiger partial charge in [-0.25, -0.2) is 0 Å². The van der Waals surface area contributed by atoms with Crippen LogP contribution in [0.25, 0.3) is 0 Å². The summed E-state index contributed by atoms with van der Waals surface area (Å²) in [7, 11) is 0. The second-order valence-corrected chi connectivity index (χ2v) is 6.74. The van der Waals surface area contributed by atoms with Crippen molar-refractivity contribution in [2.45, 2.75) is 59.3 Å². The van der Waals surface area contributed by atoms with Crippen LogP contribution in [0.4, 0.5) is 5.69 Å². The maximum absolute atomic E-state index is 5.41. The minimum atomic E-state index is 0.103. The Balaban J connectivity index is 2.74. The van der Waals surface area contributed by atoms with Crippen molar-refractivity contribution in [3.8, 4) is 0 Å². The molecule has 3 heteroatoms. The van der Waals surface area contributed by atoms with E-state index in [1.807, 2.05) is 0 Å². The SMILES string of the molecule is CCCCCNC(=S)Nc1c(C)cccc1C(C)(C)C. The molecule has 1 rings (SSSR count). The van der Waals surface area contributed by atoms with Gasteiger partial charge in [-0.2, -0.15) is 0 Å². The molecule has 2 N–H and O–H groups in total. The summed E-state index contributed by atoms with van der Waals surface area (Å²) in [6, 6.07) is 6.41. The minimum Gasteiger partial charge on any atom is -0.362 e. The third kappa shape index (κ3) is 5.12. The Morgan fingerprint density at radius 3 is 2.50 bits per heavy atom. The number of anilines is 1. The fourth-order valence-corrected chi connectivity index (χ4v) is 2.40. The molecule has 0 saturated carbocycles. The average molecular weight is 292 g/mol. The molecule has 0 aromatic heterocycles. The Morgan fingerprint density at radius 1 is 1.20 bits per heavy atom. The van der Waals surface area contributed by atoms with Crippen molar-refractivity contribution in [3.05, 3.63) is 29.3 Å². The summed E-state index contributed by atoms with van der Waals surface area (Å²) >= 11 is 5.41. The molecule has 1 aromatic rings. The van der Waals surface area contributed by atoms with E-state index < -0.39 is 0 Å². The predicted molar refractivity (Wildman–Crippen MR) is 93.6 cm³/mol. The first-order chi connectivity index (χ1) is 9.36. The van der Waals surface area contributed by atoms with Crippen molar-refractivity contribution in [3.63, 3.8) is 0 Å². The van der Waals surface area contributed by atoms with E-state index in [2.05, 4.69) is 63.5 Å². The van der Waals surface area contributed by atoms with Crippen molar-refractivity contribution in [2.75, 3.05) is 11.9 Å². The number of unbranched alkanes of at least 4 members (excludes halogenated alkanes) is 2. The van der Waals surface area contributed by atoms with Gasteiger partial charge in [0.15, 0.2) is 5.11 Å². The van der Waals surface area contributed by atoms with Gasteiger partial charge in [0.05, 0.1) is 0 Å². The van der Waals surface area contributed by atoms with E-state index in [-0.39, 0.29) is 5.41 Å². The molecule has 20 heavy (non-hydrogen) atoms. The molecule has 0 spiro atoms. The van der Waals surface area contributed by atoms with Crippen LogP contribution in [0, 0.1) is 6.92 Å². The summed E-state index contributed by atoms with van der Waals surface area (Å²) in [5, 5.41) is 7.40. The number of aryl methyl sites for hydroxylation is 1. The number of hydrogen-bond acceptors (Lipinski definition) is 1. The van der Waals surface area contributed by atoms with Gasteiger partial charge in [-0.1, -0.05) is 58.7 Å². The lowest BCUT2D eigenvalue weighted by Gasteiger charge is -2.25. The Morgan fingerprint density at radius 2 is 1.90 bits per heavy atom. The first-order valence-corrected chi connectivity index (χ1v) is 7.92. The second-order valence-electron chi connectivity index (χ2n) is 6.34. The van der Waals surface area contributed by atoms with Gasteiger partial charge in [-0.15, -0.1) is 0 Å². The van der Waals surface area contributed by atoms with E-state index >= 15 is 0 Å². The monoisotopic (exact) mass is 292 g/mol. The Hall–Kier alpha value is -1.09. The molecule has 0 bridgehead atoms. The standard InChI is InChI=1S/C17H28N2S/c1-6-7-8-12-18-16(20)19-15-13(2)10-9-11-14(15)17(3,4)5/h9-11H,6-8,12H2,1-5H3,(H2,18,19,20). The number of rotatable bonds is 5. The third-order valence-electron chi connectivity index (χ3n) is 3.39.